The molecule has 0 aliphatic carbocycles. The number of aliphatic carboxylic acids is 1. The normalized spacial score (nSPS) is 12.8. The third-order valence-electron chi connectivity index (χ3n) is 2.69. The highest BCUT2D eigenvalue weighted by Gasteiger charge is 2.28. The van der Waals surface area contributed by atoms with Crippen LogP contribution in [0.2, 0.25) is 0 Å². The summed E-state index contributed by atoms with van der Waals surface area (Å²) >= 11 is 0. The van der Waals surface area contributed by atoms with E-state index < -0.39 is 42.3 Å². The lowest BCUT2D eigenvalue weighted by atomic mass is 10.1. The number of ether oxygens (including phenoxy) is 2. The number of rotatable bonds is 7. The number of carbonyl (C=O) groups excluding carboxylic acids is 3. The molecule has 1 aromatic rings. The second-order valence-electron chi connectivity index (χ2n) is 4.53. The Hall–Kier alpha value is -2.70. The van der Waals surface area contributed by atoms with Gasteiger partial charge in [-0.05, 0) is 6.92 Å². The lowest BCUT2D eigenvalue weighted by Crippen LogP contribution is -2.29. The van der Waals surface area contributed by atoms with Crippen molar-refractivity contribution in [3.8, 4) is 0 Å². The van der Waals surface area contributed by atoms with Gasteiger partial charge in [0.1, 0.15) is 0 Å². The number of hydrogen-bond donors (Lipinski definition) is 1. The molecule has 1 aromatic carbocycles. The van der Waals surface area contributed by atoms with Gasteiger partial charge in [0.05, 0.1) is 6.42 Å². The van der Waals surface area contributed by atoms with Crippen molar-refractivity contribution in [2.45, 2.75) is 32.5 Å². The standard InChI is InChI=1S/C15H16O7/c1-9(16)12(21-10(2)17)8-13(18)22-14(15(19)20)11-6-4-3-5-7-11/h3-7,12,14H,8H2,1-2H3,(H,19,20)/t12-,14-/m0/s1. The van der Waals surface area contributed by atoms with Crippen molar-refractivity contribution in [3.63, 3.8) is 0 Å². The first-order chi connectivity index (χ1) is 10.3. The molecule has 0 aliphatic heterocycles. The van der Waals surface area contributed by atoms with E-state index in [0.717, 1.165) is 13.8 Å². The predicted molar refractivity (Wildman–Crippen MR) is 73.8 cm³/mol. The maximum atomic E-state index is 11.8. The SMILES string of the molecule is CC(=O)O[C@@H](CC(=O)O[C@H](C(=O)O)c1ccccc1)C(C)=O. The van der Waals surface area contributed by atoms with Crippen molar-refractivity contribution < 1.29 is 33.8 Å². The molecule has 1 N–H and O–H groups in total. The second kappa shape index (κ2) is 7.92. The summed E-state index contributed by atoms with van der Waals surface area (Å²) in [6.45, 7) is 2.26. The van der Waals surface area contributed by atoms with E-state index in [2.05, 4.69) is 0 Å². The van der Waals surface area contributed by atoms with E-state index in [1.807, 2.05) is 0 Å². The fourth-order valence-electron chi connectivity index (χ4n) is 1.69. The summed E-state index contributed by atoms with van der Waals surface area (Å²) in [6, 6.07) is 7.91. The van der Waals surface area contributed by atoms with Gasteiger partial charge >= 0.3 is 17.9 Å². The van der Waals surface area contributed by atoms with Gasteiger partial charge in [0.25, 0.3) is 0 Å². The zero-order chi connectivity index (χ0) is 16.7. The minimum Gasteiger partial charge on any atom is -0.478 e. The van der Waals surface area contributed by atoms with Gasteiger partial charge in [-0.2, -0.15) is 0 Å². The fraction of sp³-hybridized carbons (Fsp3) is 0.333. The van der Waals surface area contributed by atoms with Crippen LogP contribution in [-0.2, 0) is 28.7 Å². The Labute approximate surface area is 126 Å². The van der Waals surface area contributed by atoms with Gasteiger partial charge < -0.3 is 14.6 Å². The Morgan fingerprint density at radius 3 is 2.09 bits per heavy atom. The summed E-state index contributed by atoms with van der Waals surface area (Å²) in [5, 5.41) is 9.13. The van der Waals surface area contributed by atoms with E-state index in [1.165, 1.54) is 12.1 Å². The van der Waals surface area contributed by atoms with Crippen LogP contribution in [0.25, 0.3) is 0 Å². The third kappa shape index (κ3) is 5.35. The quantitative estimate of drug-likeness (QED) is 0.756. The summed E-state index contributed by atoms with van der Waals surface area (Å²) in [6.07, 6.45) is -3.31. The Kier molecular flexibility index (Phi) is 6.25. The average molecular weight is 308 g/mol. The zero-order valence-electron chi connectivity index (χ0n) is 12.1. The highest BCUT2D eigenvalue weighted by Crippen LogP contribution is 2.19. The summed E-state index contributed by atoms with van der Waals surface area (Å²) in [7, 11) is 0. The van der Waals surface area contributed by atoms with Gasteiger partial charge in [0.2, 0.25) is 6.10 Å². The van der Waals surface area contributed by atoms with E-state index in [4.69, 9.17) is 14.6 Å². The molecule has 2 atom stereocenters. The van der Waals surface area contributed by atoms with Gasteiger partial charge in [-0.3, -0.25) is 14.4 Å². The molecule has 22 heavy (non-hydrogen) atoms. The van der Waals surface area contributed by atoms with Crippen molar-refractivity contribution in [1.29, 1.82) is 0 Å². The van der Waals surface area contributed by atoms with Crippen LogP contribution in [0.15, 0.2) is 30.3 Å². The predicted octanol–water partition coefficient (Wildman–Crippen LogP) is 1.27. The van der Waals surface area contributed by atoms with Crippen LogP contribution in [0.1, 0.15) is 31.9 Å². The van der Waals surface area contributed by atoms with Crippen LogP contribution >= 0.6 is 0 Å². The summed E-state index contributed by atoms with van der Waals surface area (Å²) in [5.41, 5.74) is 0.287. The first-order valence-electron chi connectivity index (χ1n) is 6.46. The van der Waals surface area contributed by atoms with Crippen LogP contribution in [0.3, 0.4) is 0 Å². The van der Waals surface area contributed by atoms with Crippen molar-refractivity contribution in [1.82, 2.24) is 0 Å². The van der Waals surface area contributed by atoms with Crippen LogP contribution in [0, 0.1) is 0 Å². The summed E-state index contributed by atoms with van der Waals surface area (Å²) in [5.74, 6) is -3.53. The van der Waals surface area contributed by atoms with E-state index in [-0.39, 0.29) is 5.56 Å². The van der Waals surface area contributed by atoms with Crippen molar-refractivity contribution in [2.75, 3.05) is 0 Å². The molecule has 0 radical (unpaired) electrons. The number of carbonyl (C=O) groups is 4. The molecular formula is C15H16O7. The molecule has 0 heterocycles. The number of carboxylic acids is 1. The highest BCUT2D eigenvalue weighted by atomic mass is 16.6. The Morgan fingerprint density at radius 1 is 1.05 bits per heavy atom. The zero-order valence-corrected chi connectivity index (χ0v) is 12.1. The van der Waals surface area contributed by atoms with Crippen LogP contribution < -0.4 is 0 Å². The lowest BCUT2D eigenvalue weighted by molar-refractivity contribution is -0.169. The van der Waals surface area contributed by atoms with E-state index in [0.29, 0.717) is 0 Å². The monoisotopic (exact) mass is 308 g/mol. The fourth-order valence-corrected chi connectivity index (χ4v) is 1.69. The highest BCUT2D eigenvalue weighted by molar-refractivity contribution is 5.88. The van der Waals surface area contributed by atoms with E-state index in [9.17, 15) is 19.2 Å². The van der Waals surface area contributed by atoms with Gasteiger partial charge in [-0.25, -0.2) is 4.79 Å². The van der Waals surface area contributed by atoms with Crippen molar-refractivity contribution >= 4 is 23.7 Å². The van der Waals surface area contributed by atoms with Crippen molar-refractivity contribution in [3.05, 3.63) is 35.9 Å². The molecule has 0 amide bonds. The molecule has 0 aromatic heterocycles. The molecular weight excluding hydrogens is 292 g/mol. The number of hydrogen-bond acceptors (Lipinski definition) is 6. The minimum atomic E-state index is -1.49. The molecule has 0 fully saturated rings. The minimum absolute atomic E-state index is 0.287. The van der Waals surface area contributed by atoms with Gasteiger partial charge in [0, 0.05) is 12.5 Å². The Bertz CT molecular complexity index is 565. The number of benzene rings is 1. The van der Waals surface area contributed by atoms with Crippen LogP contribution in [0.4, 0.5) is 0 Å². The molecule has 7 heteroatoms. The number of Topliss-reactive ketones (excluding diaryl/α,β-unsaturated/α-hetero) is 1. The van der Waals surface area contributed by atoms with E-state index in [1.54, 1.807) is 18.2 Å². The molecule has 0 saturated carbocycles. The first-order valence-corrected chi connectivity index (χ1v) is 6.46. The number of esters is 2. The maximum Gasteiger partial charge on any atom is 0.349 e. The molecule has 7 nitrogen and oxygen atoms in total. The van der Waals surface area contributed by atoms with Gasteiger partial charge in [0.15, 0.2) is 11.9 Å². The third-order valence-corrected chi connectivity index (χ3v) is 2.69. The number of ketones is 1. The van der Waals surface area contributed by atoms with Crippen molar-refractivity contribution in [2.24, 2.45) is 0 Å². The molecule has 0 aliphatic rings. The summed E-state index contributed by atoms with van der Waals surface area (Å²) < 4.78 is 9.57. The largest absolute Gasteiger partial charge is 0.478 e. The molecule has 0 spiro atoms. The van der Waals surface area contributed by atoms with E-state index >= 15 is 0 Å². The van der Waals surface area contributed by atoms with Gasteiger partial charge in [-0.15, -0.1) is 0 Å². The van der Waals surface area contributed by atoms with Crippen LogP contribution in [0.5, 0.6) is 0 Å². The molecule has 1 rings (SSSR count). The first kappa shape index (κ1) is 17.4. The average Bonchev–Trinajstić information content (AvgIpc) is 2.44. The smallest absolute Gasteiger partial charge is 0.349 e. The molecule has 0 unspecified atom stereocenters. The lowest BCUT2D eigenvalue weighted by Gasteiger charge is -2.17. The Balaban J connectivity index is 2.77. The molecule has 0 saturated heterocycles. The summed E-state index contributed by atoms with van der Waals surface area (Å²) in [4.78, 5) is 45.2. The Morgan fingerprint density at radius 2 is 1.64 bits per heavy atom. The van der Waals surface area contributed by atoms with Gasteiger partial charge in [-0.1, -0.05) is 30.3 Å². The molecule has 118 valence electrons. The second-order valence-corrected chi connectivity index (χ2v) is 4.53. The maximum absolute atomic E-state index is 11.8. The van der Waals surface area contributed by atoms with Crippen LogP contribution in [-0.4, -0.2) is 34.9 Å². The number of carboxylic acid groups (broad SMARTS) is 1. The molecule has 0 bridgehead atoms. The topological polar surface area (TPSA) is 107 Å².